The van der Waals surface area contributed by atoms with Gasteiger partial charge in [0.1, 0.15) is 5.76 Å². The highest BCUT2D eigenvalue weighted by Crippen LogP contribution is 2.17. The molecule has 2 rings (SSSR count). The lowest BCUT2D eigenvalue weighted by molar-refractivity contribution is 0.120. The second-order valence-corrected chi connectivity index (χ2v) is 4.56. The Balaban J connectivity index is 1.95. The minimum absolute atomic E-state index is 0.280. The summed E-state index contributed by atoms with van der Waals surface area (Å²) in [6.45, 7) is 9.94. The molecule has 1 atom stereocenters. The summed E-state index contributed by atoms with van der Waals surface area (Å²) in [4.78, 5) is 8.70. The highest BCUT2D eigenvalue weighted by atomic mass is 16.5. The third-order valence-corrected chi connectivity index (χ3v) is 3.11. The summed E-state index contributed by atoms with van der Waals surface area (Å²) >= 11 is 0. The molecule has 19 heavy (non-hydrogen) atoms. The summed E-state index contributed by atoms with van der Waals surface area (Å²) in [6, 6.07) is 0. The number of ether oxygens (including phenoxy) is 2. The van der Waals surface area contributed by atoms with Crippen molar-refractivity contribution < 1.29 is 9.47 Å². The molecule has 1 N–H and O–H groups in total. The van der Waals surface area contributed by atoms with Crippen molar-refractivity contribution in [3.8, 4) is 0 Å². The zero-order chi connectivity index (χ0) is 13.7. The van der Waals surface area contributed by atoms with E-state index in [-0.39, 0.29) is 6.10 Å². The topological polar surface area (TPSA) is 56.3 Å². The maximum absolute atomic E-state index is 5.55. The van der Waals surface area contributed by atoms with E-state index in [1.807, 2.05) is 13.8 Å². The van der Waals surface area contributed by atoms with Crippen LogP contribution in [0.5, 0.6) is 0 Å². The molecule has 0 spiro atoms. The van der Waals surface area contributed by atoms with E-state index in [9.17, 15) is 0 Å². The molecular formula is C14H21N3O2. The number of anilines is 1. The van der Waals surface area contributed by atoms with Gasteiger partial charge in [0.25, 0.3) is 0 Å². The van der Waals surface area contributed by atoms with Crippen LogP contribution in [0.25, 0.3) is 5.76 Å². The average Bonchev–Trinajstić information content (AvgIpc) is 2.89. The largest absolute Gasteiger partial charge is 0.494 e. The minimum atomic E-state index is 0.280. The van der Waals surface area contributed by atoms with E-state index < -0.39 is 0 Å². The van der Waals surface area contributed by atoms with Gasteiger partial charge in [0.05, 0.1) is 24.0 Å². The Kier molecular flexibility index (Phi) is 4.74. The third-order valence-electron chi connectivity index (χ3n) is 3.11. The zero-order valence-electron chi connectivity index (χ0n) is 11.6. The monoisotopic (exact) mass is 263 g/mol. The molecule has 5 heteroatoms. The van der Waals surface area contributed by atoms with E-state index in [0.29, 0.717) is 18.3 Å². The van der Waals surface area contributed by atoms with E-state index in [0.717, 1.165) is 37.3 Å². The lowest BCUT2D eigenvalue weighted by Gasteiger charge is -2.13. The first-order valence-electron chi connectivity index (χ1n) is 6.72. The SMILES string of the molecule is C=C(OCC)c1cnc(NCC2CCCO2)nc1C. The van der Waals surface area contributed by atoms with Gasteiger partial charge >= 0.3 is 0 Å². The summed E-state index contributed by atoms with van der Waals surface area (Å²) in [6.07, 6.45) is 4.27. The van der Waals surface area contributed by atoms with Gasteiger partial charge < -0.3 is 14.8 Å². The van der Waals surface area contributed by atoms with Gasteiger partial charge in [0.2, 0.25) is 5.95 Å². The first-order chi connectivity index (χ1) is 9.20. The predicted octanol–water partition coefficient (Wildman–Crippen LogP) is 2.38. The molecule has 0 aromatic carbocycles. The Bertz CT molecular complexity index is 442. The van der Waals surface area contributed by atoms with Gasteiger partial charge in [-0.25, -0.2) is 9.97 Å². The fourth-order valence-electron chi connectivity index (χ4n) is 2.09. The third kappa shape index (κ3) is 3.67. The van der Waals surface area contributed by atoms with Gasteiger partial charge in [0.15, 0.2) is 0 Å². The number of aromatic nitrogens is 2. The van der Waals surface area contributed by atoms with Crippen molar-refractivity contribution >= 4 is 11.7 Å². The molecule has 1 aromatic heterocycles. The van der Waals surface area contributed by atoms with E-state index in [1.54, 1.807) is 6.20 Å². The van der Waals surface area contributed by atoms with Gasteiger partial charge in [-0.05, 0) is 26.7 Å². The van der Waals surface area contributed by atoms with Crippen molar-refractivity contribution in [3.63, 3.8) is 0 Å². The standard InChI is InChI=1S/C14H21N3O2/c1-4-18-11(3)13-9-16-14(17-10(13)2)15-8-12-6-5-7-19-12/h9,12H,3-8H2,1-2H3,(H,15,16,17). The summed E-state index contributed by atoms with van der Waals surface area (Å²) in [5.74, 6) is 1.24. The van der Waals surface area contributed by atoms with Crippen LogP contribution >= 0.6 is 0 Å². The van der Waals surface area contributed by atoms with Crippen molar-refractivity contribution in [2.75, 3.05) is 25.1 Å². The quantitative estimate of drug-likeness (QED) is 0.799. The molecule has 1 aromatic rings. The molecule has 1 unspecified atom stereocenters. The maximum atomic E-state index is 5.55. The number of hydrogen-bond donors (Lipinski definition) is 1. The molecule has 0 bridgehead atoms. The second-order valence-electron chi connectivity index (χ2n) is 4.56. The van der Waals surface area contributed by atoms with Gasteiger partial charge in [-0.15, -0.1) is 0 Å². The van der Waals surface area contributed by atoms with Crippen LogP contribution in [-0.4, -0.2) is 35.8 Å². The number of nitrogens with zero attached hydrogens (tertiary/aromatic N) is 2. The molecule has 1 aliphatic heterocycles. The maximum Gasteiger partial charge on any atom is 0.222 e. The Morgan fingerprint density at radius 1 is 1.63 bits per heavy atom. The summed E-state index contributed by atoms with van der Waals surface area (Å²) in [5, 5.41) is 3.21. The molecular weight excluding hydrogens is 242 g/mol. The van der Waals surface area contributed by atoms with Crippen molar-refractivity contribution in [2.45, 2.75) is 32.8 Å². The average molecular weight is 263 g/mol. The Morgan fingerprint density at radius 3 is 3.11 bits per heavy atom. The Labute approximate surface area is 114 Å². The van der Waals surface area contributed by atoms with Gasteiger partial charge in [-0.2, -0.15) is 0 Å². The zero-order valence-corrected chi connectivity index (χ0v) is 11.6. The first-order valence-corrected chi connectivity index (χ1v) is 6.72. The predicted molar refractivity (Wildman–Crippen MR) is 74.9 cm³/mol. The first kappa shape index (κ1) is 13.8. The summed E-state index contributed by atoms with van der Waals surface area (Å²) in [7, 11) is 0. The highest BCUT2D eigenvalue weighted by molar-refractivity contribution is 5.59. The molecule has 1 saturated heterocycles. The van der Waals surface area contributed by atoms with Crippen LogP contribution in [0.4, 0.5) is 5.95 Å². The van der Waals surface area contributed by atoms with Crippen molar-refractivity contribution in [1.29, 1.82) is 0 Å². The number of nitrogens with one attached hydrogen (secondary N) is 1. The van der Waals surface area contributed by atoms with Crippen LogP contribution in [0, 0.1) is 6.92 Å². The molecule has 0 amide bonds. The van der Waals surface area contributed by atoms with Crippen molar-refractivity contribution in [2.24, 2.45) is 0 Å². The van der Waals surface area contributed by atoms with Crippen LogP contribution < -0.4 is 5.32 Å². The summed E-state index contributed by atoms with van der Waals surface area (Å²) < 4.78 is 10.9. The minimum Gasteiger partial charge on any atom is -0.494 e. The molecule has 0 saturated carbocycles. The lowest BCUT2D eigenvalue weighted by Crippen LogP contribution is -2.19. The van der Waals surface area contributed by atoms with Crippen molar-refractivity contribution in [3.05, 3.63) is 24.0 Å². The van der Waals surface area contributed by atoms with E-state index in [1.165, 1.54) is 0 Å². The fourth-order valence-corrected chi connectivity index (χ4v) is 2.09. The van der Waals surface area contributed by atoms with Gasteiger partial charge in [-0.1, -0.05) is 6.58 Å². The number of aryl methyl sites for hydroxylation is 1. The molecule has 0 aliphatic carbocycles. The smallest absolute Gasteiger partial charge is 0.222 e. The molecule has 1 aliphatic rings. The molecule has 5 nitrogen and oxygen atoms in total. The van der Waals surface area contributed by atoms with E-state index >= 15 is 0 Å². The number of hydrogen-bond acceptors (Lipinski definition) is 5. The van der Waals surface area contributed by atoms with Crippen LogP contribution in [0.3, 0.4) is 0 Å². The molecule has 104 valence electrons. The Hall–Kier alpha value is -1.62. The van der Waals surface area contributed by atoms with Gasteiger partial charge in [0, 0.05) is 19.3 Å². The normalized spacial score (nSPS) is 18.3. The van der Waals surface area contributed by atoms with Crippen molar-refractivity contribution in [1.82, 2.24) is 9.97 Å². The van der Waals surface area contributed by atoms with E-state index in [2.05, 4.69) is 21.9 Å². The molecule has 2 heterocycles. The number of rotatable bonds is 6. The molecule has 1 fully saturated rings. The second kappa shape index (κ2) is 6.52. The molecule has 0 radical (unpaired) electrons. The van der Waals surface area contributed by atoms with Crippen LogP contribution in [0.1, 0.15) is 31.0 Å². The van der Waals surface area contributed by atoms with E-state index in [4.69, 9.17) is 9.47 Å². The lowest BCUT2D eigenvalue weighted by atomic mass is 10.2. The fraction of sp³-hybridized carbons (Fsp3) is 0.571. The summed E-state index contributed by atoms with van der Waals surface area (Å²) in [5.41, 5.74) is 1.72. The van der Waals surface area contributed by atoms with Gasteiger partial charge in [-0.3, -0.25) is 0 Å². The highest BCUT2D eigenvalue weighted by Gasteiger charge is 2.15. The Morgan fingerprint density at radius 2 is 2.47 bits per heavy atom. The van der Waals surface area contributed by atoms with Crippen LogP contribution in [0.2, 0.25) is 0 Å². The van der Waals surface area contributed by atoms with Crippen LogP contribution in [-0.2, 0) is 9.47 Å². The van der Waals surface area contributed by atoms with Crippen LogP contribution in [0.15, 0.2) is 12.8 Å².